The van der Waals surface area contributed by atoms with E-state index in [1.807, 2.05) is 0 Å². The molecule has 0 bridgehead atoms. The fourth-order valence-electron chi connectivity index (χ4n) is 1.60. The van der Waals surface area contributed by atoms with Crippen LogP contribution in [0.3, 0.4) is 0 Å². The van der Waals surface area contributed by atoms with Crippen molar-refractivity contribution in [1.82, 2.24) is 0 Å². The average molecular weight is 252 g/mol. The van der Waals surface area contributed by atoms with Crippen molar-refractivity contribution in [3.63, 3.8) is 0 Å². The molecule has 0 heterocycles. The zero-order chi connectivity index (χ0) is 13.8. The van der Waals surface area contributed by atoms with Crippen molar-refractivity contribution in [3.8, 4) is 5.75 Å². The second-order valence-corrected chi connectivity index (χ2v) is 4.20. The van der Waals surface area contributed by atoms with E-state index in [9.17, 15) is 19.8 Å². The molecule has 0 aliphatic carbocycles. The molecule has 0 aliphatic rings. The lowest BCUT2D eigenvalue weighted by molar-refractivity contribution is -0.167. The molecule has 1 aromatic carbocycles. The van der Waals surface area contributed by atoms with E-state index in [1.165, 1.54) is 19.1 Å². The summed E-state index contributed by atoms with van der Waals surface area (Å²) in [5.41, 5.74) is -1.09. The van der Waals surface area contributed by atoms with Gasteiger partial charge >= 0.3 is 11.9 Å². The fourth-order valence-corrected chi connectivity index (χ4v) is 1.60. The summed E-state index contributed by atoms with van der Waals surface area (Å²) in [5.74, 6) is -1.99. The number of ether oxygens (including phenoxy) is 1. The van der Waals surface area contributed by atoms with Crippen molar-refractivity contribution < 1.29 is 24.5 Å². The maximum Gasteiger partial charge on any atom is 0.323 e. The van der Waals surface area contributed by atoms with Crippen molar-refractivity contribution in [3.05, 3.63) is 29.8 Å². The van der Waals surface area contributed by atoms with E-state index in [-0.39, 0.29) is 18.8 Å². The topological polar surface area (TPSA) is 83.8 Å². The Balaban J connectivity index is 3.00. The summed E-state index contributed by atoms with van der Waals surface area (Å²) in [6, 6.07) is 6.16. The van der Waals surface area contributed by atoms with Gasteiger partial charge in [0.1, 0.15) is 5.75 Å². The van der Waals surface area contributed by atoms with Crippen LogP contribution in [0, 0.1) is 5.41 Å². The number of benzene rings is 1. The molecule has 0 saturated heterocycles. The lowest BCUT2D eigenvalue weighted by Gasteiger charge is -2.22. The van der Waals surface area contributed by atoms with Crippen molar-refractivity contribution in [2.24, 2.45) is 5.41 Å². The predicted molar refractivity (Wildman–Crippen MR) is 64.2 cm³/mol. The van der Waals surface area contributed by atoms with Crippen LogP contribution in [0.15, 0.2) is 24.3 Å². The molecular formula is C13H16O5. The molecule has 1 aromatic rings. The normalized spacial score (nSPS) is 13.7. The number of aromatic hydroxyl groups is 1. The molecule has 0 saturated carbocycles. The van der Waals surface area contributed by atoms with E-state index in [1.54, 1.807) is 19.1 Å². The number of esters is 1. The summed E-state index contributed by atoms with van der Waals surface area (Å²) in [6.07, 6.45) is -0.0322. The summed E-state index contributed by atoms with van der Waals surface area (Å²) in [7, 11) is 0. The van der Waals surface area contributed by atoms with Gasteiger partial charge < -0.3 is 14.9 Å². The van der Waals surface area contributed by atoms with Crippen LogP contribution in [0.5, 0.6) is 5.75 Å². The maximum atomic E-state index is 11.7. The van der Waals surface area contributed by atoms with E-state index in [4.69, 9.17) is 4.74 Å². The zero-order valence-electron chi connectivity index (χ0n) is 10.3. The molecule has 1 rings (SSSR count). The SMILES string of the molecule is CCOC(=O)C(C)(Cc1cccc(O)c1)C(=O)O. The largest absolute Gasteiger partial charge is 0.508 e. The Labute approximate surface area is 105 Å². The van der Waals surface area contributed by atoms with Crippen molar-refractivity contribution in [2.45, 2.75) is 20.3 Å². The van der Waals surface area contributed by atoms with Crippen LogP contribution in [0.25, 0.3) is 0 Å². The lowest BCUT2D eigenvalue weighted by Crippen LogP contribution is -2.39. The Morgan fingerprint density at radius 3 is 2.56 bits per heavy atom. The highest BCUT2D eigenvalue weighted by Crippen LogP contribution is 2.26. The highest BCUT2D eigenvalue weighted by Gasteiger charge is 2.43. The van der Waals surface area contributed by atoms with Gasteiger partial charge in [-0.1, -0.05) is 12.1 Å². The quantitative estimate of drug-likeness (QED) is 0.614. The molecule has 0 spiro atoms. The van der Waals surface area contributed by atoms with Gasteiger partial charge in [0.05, 0.1) is 6.61 Å². The minimum absolute atomic E-state index is 0.0316. The van der Waals surface area contributed by atoms with Crippen LogP contribution in [0.4, 0.5) is 0 Å². The maximum absolute atomic E-state index is 11.7. The molecule has 1 unspecified atom stereocenters. The number of carbonyl (C=O) groups excluding carboxylic acids is 1. The molecule has 0 fully saturated rings. The standard InChI is InChI=1S/C13H16O5/c1-3-18-12(17)13(2,11(15)16)8-9-5-4-6-10(14)7-9/h4-7,14H,3,8H2,1-2H3,(H,15,16). The van der Waals surface area contributed by atoms with Crippen LogP contribution in [0.2, 0.25) is 0 Å². The van der Waals surface area contributed by atoms with Crippen LogP contribution in [-0.2, 0) is 20.7 Å². The molecular weight excluding hydrogens is 236 g/mol. The second-order valence-electron chi connectivity index (χ2n) is 4.20. The van der Waals surface area contributed by atoms with Gasteiger partial charge in [-0.15, -0.1) is 0 Å². The van der Waals surface area contributed by atoms with Gasteiger partial charge in [-0.05, 0) is 38.0 Å². The third-order valence-corrected chi connectivity index (χ3v) is 2.67. The number of carbonyl (C=O) groups is 2. The third kappa shape index (κ3) is 3.00. The van der Waals surface area contributed by atoms with E-state index in [2.05, 4.69) is 0 Å². The average Bonchev–Trinajstić information content (AvgIpc) is 2.28. The molecule has 2 N–H and O–H groups in total. The van der Waals surface area contributed by atoms with Crippen molar-refractivity contribution in [2.75, 3.05) is 6.61 Å². The van der Waals surface area contributed by atoms with E-state index >= 15 is 0 Å². The first-order valence-electron chi connectivity index (χ1n) is 5.58. The summed E-state index contributed by atoms with van der Waals surface area (Å²) in [4.78, 5) is 23.0. The number of rotatable bonds is 5. The predicted octanol–water partition coefficient (Wildman–Crippen LogP) is 1.59. The number of aliphatic carboxylic acids is 1. The minimum Gasteiger partial charge on any atom is -0.508 e. The number of carboxylic acid groups (broad SMARTS) is 1. The van der Waals surface area contributed by atoms with Crippen molar-refractivity contribution >= 4 is 11.9 Å². The Kier molecular flexibility index (Phi) is 4.31. The molecule has 5 heteroatoms. The van der Waals surface area contributed by atoms with Crippen LogP contribution < -0.4 is 0 Å². The first kappa shape index (κ1) is 14.0. The van der Waals surface area contributed by atoms with Gasteiger partial charge in [-0.25, -0.2) is 0 Å². The molecule has 0 aliphatic heterocycles. The molecule has 5 nitrogen and oxygen atoms in total. The molecule has 0 aromatic heterocycles. The van der Waals surface area contributed by atoms with E-state index in [0.29, 0.717) is 5.56 Å². The Morgan fingerprint density at radius 1 is 1.39 bits per heavy atom. The third-order valence-electron chi connectivity index (χ3n) is 2.67. The second kappa shape index (κ2) is 5.53. The Bertz CT molecular complexity index is 454. The number of phenolic OH excluding ortho intramolecular Hbond substituents is 1. The Hall–Kier alpha value is -2.04. The fraction of sp³-hybridized carbons (Fsp3) is 0.385. The Morgan fingerprint density at radius 2 is 2.06 bits per heavy atom. The molecule has 0 amide bonds. The molecule has 1 atom stereocenters. The molecule has 0 radical (unpaired) electrons. The number of hydrogen-bond donors (Lipinski definition) is 2. The number of carboxylic acids is 1. The van der Waals surface area contributed by atoms with Gasteiger partial charge in [0.25, 0.3) is 0 Å². The van der Waals surface area contributed by atoms with Gasteiger partial charge in [0.15, 0.2) is 5.41 Å². The van der Waals surface area contributed by atoms with Crippen molar-refractivity contribution in [1.29, 1.82) is 0 Å². The van der Waals surface area contributed by atoms with Gasteiger partial charge in [-0.3, -0.25) is 9.59 Å². The summed E-state index contributed by atoms with van der Waals surface area (Å²) in [6.45, 7) is 3.06. The van der Waals surface area contributed by atoms with Gasteiger partial charge in [0, 0.05) is 0 Å². The number of hydrogen-bond acceptors (Lipinski definition) is 4. The zero-order valence-corrected chi connectivity index (χ0v) is 10.3. The van der Waals surface area contributed by atoms with Gasteiger partial charge in [-0.2, -0.15) is 0 Å². The first-order chi connectivity index (χ1) is 8.40. The highest BCUT2D eigenvalue weighted by atomic mass is 16.5. The minimum atomic E-state index is -1.65. The van der Waals surface area contributed by atoms with Gasteiger partial charge in [0.2, 0.25) is 0 Å². The summed E-state index contributed by atoms with van der Waals surface area (Å²) >= 11 is 0. The lowest BCUT2D eigenvalue weighted by atomic mass is 9.83. The summed E-state index contributed by atoms with van der Waals surface area (Å²) < 4.78 is 4.79. The molecule has 98 valence electrons. The van der Waals surface area contributed by atoms with Crippen LogP contribution in [0.1, 0.15) is 19.4 Å². The van der Waals surface area contributed by atoms with Crippen LogP contribution in [-0.4, -0.2) is 28.8 Å². The monoisotopic (exact) mass is 252 g/mol. The smallest absolute Gasteiger partial charge is 0.323 e. The van der Waals surface area contributed by atoms with E-state index < -0.39 is 17.4 Å². The first-order valence-corrected chi connectivity index (χ1v) is 5.58. The molecule has 18 heavy (non-hydrogen) atoms. The summed E-state index contributed by atoms with van der Waals surface area (Å²) in [5, 5.41) is 18.5. The van der Waals surface area contributed by atoms with Crippen LogP contribution >= 0.6 is 0 Å². The number of phenols is 1. The van der Waals surface area contributed by atoms with E-state index in [0.717, 1.165) is 0 Å². The highest BCUT2D eigenvalue weighted by molar-refractivity contribution is 5.99.